The average molecular weight is 316 g/mol. The Bertz CT molecular complexity index is 509. The van der Waals surface area contributed by atoms with Crippen LogP contribution in [0.3, 0.4) is 0 Å². The standard InChI is InChI=1S/C13H18ClN3O2S/c14-10-5-4-9(20-10)8-16-12(18)13(11(15)17-19)6-2-1-3-7-13/h4-5,19H,1-3,6-8H2,(H2,15,17)(H,16,18). The van der Waals surface area contributed by atoms with E-state index in [1.54, 1.807) is 6.07 Å². The molecule has 1 aliphatic rings. The third-order valence-electron chi connectivity index (χ3n) is 3.79. The zero-order chi connectivity index (χ0) is 14.6. The molecule has 0 unspecified atom stereocenters. The number of nitrogens with zero attached hydrogens (tertiary/aromatic N) is 1. The third kappa shape index (κ3) is 3.07. The molecule has 0 aromatic carbocycles. The fourth-order valence-corrected chi connectivity index (χ4v) is 3.66. The third-order valence-corrected chi connectivity index (χ3v) is 5.02. The van der Waals surface area contributed by atoms with Gasteiger partial charge in [-0.3, -0.25) is 4.79 Å². The minimum absolute atomic E-state index is 0.0129. The van der Waals surface area contributed by atoms with Crippen LogP contribution in [0, 0.1) is 5.41 Å². The molecule has 0 bridgehead atoms. The van der Waals surface area contributed by atoms with E-state index in [9.17, 15) is 4.79 Å². The predicted molar refractivity (Wildman–Crippen MR) is 80.1 cm³/mol. The minimum Gasteiger partial charge on any atom is -0.409 e. The van der Waals surface area contributed by atoms with Crippen LogP contribution < -0.4 is 11.1 Å². The molecular formula is C13H18ClN3O2S. The lowest BCUT2D eigenvalue weighted by molar-refractivity contribution is -0.129. The van der Waals surface area contributed by atoms with Gasteiger partial charge in [-0.05, 0) is 25.0 Å². The monoisotopic (exact) mass is 315 g/mol. The molecule has 20 heavy (non-hydrogen) atoms. The van der Waals surface area contributed by atoms with Crippen molar-refractivity contribution >= 4 is 34.7 Å². The van der Waals surface area contributed by atoms with Gasteiger partial charge in [-0.1, -0.05) is 36.0 Å². The lowest BCUT2D eigenvalue weighted by atomic mass is 9.72. The molecule has 110 valence electrons. The molecule has 1 aliphatic carbocycles. The van der Waals surface area contributed by atoms with Gasteiger partial charge in [0.25, 0.3) is 0 Å². The van der Waals surface area contributed by atoms with Crippen LogP contribution in [0.15, 0.2) is 17.3 Å². The molecule has 0 radical (unpaired) electrons. The van der Waals surface area contributed by atoms with Crippen LogP contribution in [-0.4, -0.2) is 17.0 Å². The lowest BCUT2D eigenvalue weighted by Crippen LogP contribution is -2.50. The van der Waals surface area contributed by atoms with Crippen LogP contribution in [0.4, 0.5) is 0 Å². The highest BCUT2D eigenvalue weighted by atomic mass is 35.5. The van der Waals surface area contributed by atoms with Crippen LogP contribution in [0.25, 0.3) is 0 Å². The molecule has 2 rings (SSSR count). The Morgan fingerprint density at radius 1 is 1.45 bits per heavy atom. The number of hydrogen-bond acceptors (Lipinski definition) is 4. The van der Waals surface area contributed by atoms with Gasteiger partial charge in [0.2, 0.25) is 5.91 Å². The first-order chi connectivity index (χ1) is 9.58. The van der Waals surface area contributed by atoms with Crippen molar-refractivity contribution in [3.63, 3.8) is 0 Å². The van der Waals surface area contributed by atoms with Crippen LogP contribution in [0.1, 0.15) is 37.0 Å². The summed E-state index contributed by atoms with van der Waals surface area (Å²) in [5, 5.41) is 14.9. The first-order valence-corrected chi connectivity index (χ1v) is 7.78. The topological polar surface area (TPSA) is 87.7 Å². The Morgan fingerprint density at radius 3 is 2.70 bits per heavy atom. The number of amides is 1. The molecule has 1 heterocycles. The maximum atomic E-state index is 12.5. The van der Waals surface area contributed by atoms with Crippen LogP contribution in [0.2, 0.25) is 4.34 Å². The number of thiophene rings is 1. The summed E-state index contributed by atoms with van der Waals surface area (Å²) in [6.07, 6.45) is 4.15. The van der Waals surface area contributed by atoms with E-state index in [4.69, 9.17) is 22.5 Å². The number of halogens is 1. The molecule has 0 saturated heterocycles. The van der Waals surface area contributed by atoms with Crippen molar-refractivity contribution in [3.05, 3.63) is 21.3 Å². The molecule has 0 atom stereocenters. The summed E-state index contributed by atoms with van der Waals surface area (Å²) in [6.45, 7) is 0.413. The zero-order valence-corrected chi connectivity index (χ0v) is 12.6. The molecule has 1 aromatic heterocycles. The van der Waals surface area contributed by atoms with Gasteiger partial charge < -0.3 is 16.3 Å². The molecule has 0 aliphatic heterocycles. The number of amidine groups is 1. The van der Waals surface area contributed by atoms with Crippen LogP contribution >= 0.6 is 22.9 Å². The molecule has 1 saturated carbocycles. The van der Waals surface area contributed by atoms with Crippen molar-refractivity contribution in [1.29, 1.82) is 0 Å². The Kier molecular flexibility index (Phi) is 4.88. The summed E-state index contributed by atoms with van der Waals surface area (Å²) in [6, 6.07) is 3.68. The number of nitrogens with one attached hydrogen (secondary N) is 1. The van der Waals surface area contributed by atoms with Crippen molar-refractivity contribution < 1.29 is 10.0 Å². The summed E-state index contributed by atoms with van der Waals surface area (Å²) >= 11 is 7.29. The van der Waals surface area contributed by atoms with Crippen molar-refractivity contribution in [3.8, 4) is 0 Å². The van der Waals surface area contributed by atoms with Gasteiger partial charge in [0.1, 0.15) is 5.41 Å². The second-order valence-electron chi connectivity index (χ2n) is 5.02. The molecule has 1 aromatic rings. The van der Waals surface area contributed by atoms with Crippen molar-refractivity contribution in [1.82, 2.24) is 5.32 Å². The lowest BCUT2D eigenvalue weighted by Gasteiger charge is -2.34. The van der Waals surface area contributed by atoms with Gasteiger partial charge in [-0.25, -0.2) is 0 Å². The highest BCUT2D eigenvalue weighted by molar-refractivity contribution is 7.16. The number of oxime groups is 1. The molecule has 1 amide bonds. The maximum Gasteiger partial charge on any atom is 0.234 e. The predicted octanol–water partition coefficient (Wildman–Crippen LogP) is 2.71. The molecule has 1 fully saturated rings. The Morgan fingerprint density at radius 2 is 2.15 bits per heavy atom. The molecule has 4 N–H and O–H groups in total. The number of nitrogens with two attached hydrogens (primary N) is 1. The van der Waals surface area contributed by atoms with Crippen LogP contribution in [-0.2, 0) is 11.3 Å². The van der Waals surface area contributed by atoms with E-state index in [1.807, 2.05) is 6.07 Å². The van der Waals surface area contributed by atoms with Gasteiger partial charge in [-0.15, -0.1) is 11.3 Å². The van der Waals surface area contributed by atoms with Gasteiger partial charge >= 0.3 is 0 Å². The minimum atomic E-state index is -0.867. The van der Waals surface area contributed by atoms with Crippen LogP contribution in [0.5, 0.6) is 0 Å². The second-order valence-corrected chi connectivity index (χ2v) is 6.82. The quantitative estimate of drug-likeness (QED) is 0.345. The summed E-state index contributed by atoms with van der Waals surface area (Å²) < 4.78 is 0.693. The van der Waals surface area contributed by atoms with E-state index in [-0.39, 0.29) is 11.7 Å². The van der Waals surface area contributed by atoms with Gasteiger partial charge in [0, 0.05) is 4.88 Å². The number of carbonyl (C=O) groups is 1. The first kappa shape index (κ1) is 15.1. The molecule has 7 heteroatoms. The fourth-order valence-electron chi connectivity index (χ4n) is 2.63. The largest absolute Gasteiger partial charge is 0.409 e. The number of rotatable bonds is 4. The normalized spacial score (nSPS) is 18.8. The molecule has 5 nitrogen and oxygen atoms in total. The van der Waals surface area contributed by atoms with E-state index < -0.39 is 5.41 Å². The summed E-state index contributed by atoms with van der Waals surface area (Å²) in [7, 11) is 0. The molecular weight excluding hydrogens is 298 g/mol. The first-order valence-electron chi connectivity index (χ1n) is 6.59. The zero-order valence-electron chi connectivity index (χ0n) is 11.1. The van der Waals surface area contributed by atoms with E-state index in [0.29, 0.717) is 23.7 Å². The summed E-state index contributed by atoms with van der Waals surface area (Å²) in [5.74, 6) is -0.157. The van der Waals surface area contributed by atoms with Gasteiger partial charge in [0.15, 0.2) is 5.84 Å². The van der Waals surface area contributed by atoms with Crippen molar-refractivity contribution in [2.75, 3.05) is 0 Å². The van der Waals surface area contributed by atoms with Crippen molar-refractivity contribution in [2.24, 2.45) is 16.3 Å². The van der Waals surface area contributed by atoms with E-state index in [0.717, 1.165) is 24.1 Å². The van der Waals surface area contributed by atoms with E-state index >= 15 is 0 Å². The van der Waals surface area contributed by atoms with E-state index in [1.165, 1.54) is 11.3 Å². The molecule has 0 spiro atoms. The Hall–Kier alpha value is -1.27. The average Bonchev–Trinajstić information content (AvgIpc) is 2.90. The highest BCUT2D eigenvalue weighted by Gasteiger charge is 2.43. The van der Waals surface area contributed by atoms with Gasteiger partial charge in [0.05, 0.1) is 10.9 Å². The number of hydrogen-bond donors (Lipinski definition) is 3. The smallest absolute Gasteiger partial charge is 0.234 e. The number of carbonyl (C=O) groups excluding carboxylic acids is 1. The fraction of sp³-hybridized carbons (Fsp3) is 0.538. The summed E-state index contributed by atoms with van der Waals surface area (Å²) in [5.41, 5.74) is 4.91. The highest BCUT2D eigenvalue weighted by Crippen LogP contribution is 2.37. The Labute approximate surface area is 126 Å². The summed E-state index contributed by atoms with van der Waals surface area (Å²) in [4.78, 5) is 13.5. The second kappa shape index (κ2) is 6.45. The van der Waals surface area contributed by atoms with Crippen molar-refractivity contribution in [2.45, 2.75) is 38.6 Å². The van der Waals surface area contributed by atoms with E-state index in [2.05, 4.69) is 10.5 Å². The Balaban J connectivity index is 2.07. The maximum absolute atomic E-state index is 12.5. The SMILES string of the molecule is NC(=NO)C1(C(=O)NCc2ccc(Cl)s2)CCCCC1. The van der Waals surface area contributed by atoms with Gasteiger partial charge in [-0.2, -0.15) is 0 Å².